The molecular weight excluding hydrogens is 312 g/mol. The minimum absolute atomic E-state index is 0.291. The molecule has 8 heteroatoms. The van der Waals surface area contributed by atoms with Crippen LogP contribution in [-0.2, 0) is 6.42 Å². The zero-order valence-corrected chi connectivity index (χ0v) is 12.4. The maximum Gasteiger partial charge on any atom is 0.314 e. The summed E-state index contributed by atoms with van der Waals surface area (Å²) in [5.41, 5.74) is 2.12. The molecule has 0 fully saturated rings. The molecule has 0 aliphatic heterocycles. The Bertz CT molecular complexity index is 602. The SMILES string of the molecule is O=C(NCCc1cscn1)NCC(O)c1c(F)cccc1F. The topological polar surface area (TPSA) is 74.2 Å². The number of rotatable bonds is 6. The summed E-state index contributed by atoms with van der Waals surface area (Å²) in [4.78, 5) is 15.6. The number of thiazole rings is 1. The van der Waals surface area contributed by atoms with E-state index in [1.54, 1.807) is 5.51 Å². The molecule has 1 atom stereocenters. The number of aromatic nitrogens is 1. The average molecular weight is 327 g/mol. The van der Waals surface area contributed by atoms with Crippen molar-refractivity contribution in [1.82, 2.24) is 15.6 Å². The Labute approximate surface area is 130 Å². The lowest BCUT2D eigenvalue weighted by Gasteiger charge is -2.14. The van der Waals surface area contributed by atoms with Crippen LogP contribution in [-0.4, -0.2) is 29.2 Å². The van der Waals surface area contributed by atoms with Crippen molar-refractivity contribution in [3.8, 4) is 0 Å². The first-order valence-corrected chi connectivity index (χ1v) is 7.53. The maximum atomic E-state index is 13.5. The number of nitrogens with one attached hydrogen (secondary N) is 2. The molecule has 0 aliphatic rings. The standard InChI is InChI=1S/C14H15F2N3O2S/c15-10-2-1-3-11(16)13(10)12(20)6-18-14(21)17-5-4-9-7-22-8-19-9/h1-3,7-8,12,20H,4-6H2,(H2,17,18,21). The first-order valence-electron chi connectivity index (χ1n) is 6.58. The Kier molecular flexibility index (Phi) is 5.79. The molecule has 118 valence electrons. The second-order valence-electron chi connectivity index (χ2n) is 4.52. The summed E-state index contributed by atoms with van der Waals surface area (Å²) in [5.74, 6) is -1.70. The summed E-state index contributed by atoms with van der Waals surface area (Å²) in [6, 6.07) is 2.79. The van der Waals surface area contributed by atoms with Crippen LogP contribution >= 0.6 is 11.3 Å². The second kappa shape index (κ2) is 7.81. The van der Waals surface area contributed by atoms with Crippen LogP contribution in [0, 0.1) is 11.6 Å². The van der Waals surface area contributed by atoms with Gasteiger partial charge in [0, 0.05) is 24.9 Å². The summed E-state index contributed by atoms with van der Waals surface area (Å²) in [7, 11) is 0. The van der Waals surface area contributed by atoms with Gasteiger partial charge in [-0.05, 0) is 12.1 Å². The van der Waals surface area contributed by atoms with Crippen LogP contribution in [0.1, 0.15) is 17.4 Å². The van der Waals surface area contributed by atoms with Crippen LogP contribution < -0.4 is 10.6 Å². The van der Waals surface area contributed by atoms with Gasteiger partial charge >= 0.3 is 6.03 Å². The Hall–Kier alpha value is -2.06. The van der Waals surface area contributed by atoms with Crippen LogP contribution in [0.25, 0.3) is 0 Å². The number of aliphatic hydroxyl groups is 1. The van der Waals surface area contributed by atoms with Crippen LogP contribution in [0.4, 0.5) is 13.6 Å². The number of halogens is 2. The number of carbonyl (C=O) groups is 1. The van der Waals surface area contributed by atoms with Gasteiger partial charge in [0.1, 0.15) is 17.7 Å². The number of carbonyl (C=O) groups excluding carboxylic acids is 1. The fraction of sp³-hybridized carbons (Fsp3) is 0.286. The molecule has 0 saturated carbocycles. The van der Waals surface area contributed by atoms with Crippen molar-refractivity contribution in [2.75, 3.05) is 13.1 Å². The summed E-state index contributed by atoms with van der Waals surface area (Å²) >= 11 is 1.47. The minimum Gasteiger partial charge on any atom is -0.386 e. The molecule has 0 aliphatic carbocycles. The molecule has 3 N–H and O–H groups in total. The van der Waals surface area contributed by atoms with Crippen LogP contribution in [0.2, 0.25) is 0 Å². The minimum atomic E-state index is -1.45. The molecule has 0 bridgehead atoms. The lowest BCUT2D eigenvalue weighted by Crippen LogP contribution is -2.39. The first-order chi connectivity index (χ1) is 10.6. The zero-order valence-electron chi connectivity index (χ0n) is 11.6. The van der Waals surface area contributed by atoms with E-state index in [0.717, 1.165) is 17.8 Å². The van der Waals surface area contributed by atoms with E-state index >= 15 is 0 Å². The van der Waals surface area contributed by atoms with Gasteiger partial charge in [-0.1, -0.05) is 6.07 Å². The van der Waals surface area contributed by atoms with Gasteiger partial charge in [-0.25, -0.2) is 18.6 Å². The van der Waals surface area contributed by atoms with Crippen molar-refractivity contribution in [2.45, 2.75) is 12.5 Å². The van der Waals surface area contributed by atoms with Crippen molar-refractivity contribution in [3.63, 3.8) is 0 Å². The van der Waals surface area contributed by atoms with Crippen molar-refractivity contribution in [1.29, 1.82) is 0 Å². The summed E-state index contributed by atoms with van der Waals surface area (Å²) in [5, 5.41) is 16.6. The fourth-order valence-electron chi connectivity index (χ4n) is 1.85. The number of benzene rings is 1. The molecule has 2 rings (SSSR count). The van der Waals surface area contributed by atoms with Crippen molar-refractivity contribution in [3.05, 3.63) is 52.0 Å². The fourth-order valence-corrected chi connectivity index (χ4v) is 2.44. The number of urea groups is 1. The van der Waals surface area contributed by atoms with E-state index in [-0.39, 0.29) is 6.54 Å². The van der Waals surface area contributed by atoms with E-state index in [1.165, 1.54) is 17.4 Å². The Morgan fingerprint density at radius 1 is 1.32 bits per heavy atom. The molecule has 22 heavy (non-hydrogen) atoms. The highest BCUT2D eigenvalue weighted by molar-refractivity contribution is 7.07. The molecule has 1 unspecified atom stereocenters. The van der Waals surface area contributed by atoms with E-state index in [4.69, 9.17) is 0 Å². The van der Waals surface area contributed by atoms with E-state index in [0.29, 0.717) is 13.0 Å². The molecule has 0 spiro atoms. The van der Waals surface area contributed by atoms with Gasteiger partial charge in [-0.2, -0.15) is 0 Å². The van der Waals surface area contributed by atoms with Gasteiger partial charge < -0.3 is 15.7 Å². The van der Waals surface area contributed by atoms with Crippen molar-refractivity contribution >= 4 is 17.4 Å². The van der Waals surface area contributed by atoms with Gasteiger partial charge in [-0.3, -0.25) is 0 Å². The van der Waals surface area contributed by atoms with Gasteiger partial charge in [0.05, 0.1) is 16.8 Å². The highest BCUT2D eigenvalue weighted by Gasteiger charge is 2.18. The lowest BCUT2D eigenvalue weighted by atomic mass is 10.1. The summed E-state index contributed by atoms with van der Waals surface area (Å²) in [6.45, 7) is 0.0834. The molecule has 5 nitrogen and oxygen atoms in total. The third-order valence-electron chi connectivity index (χ3n) is 2.94. The normalized spacial score (nSPS) is 12.0. The number of hydrogen-bond donors (Lipinski definition) is 3. The monoisotopic (exact) mass is 327 g/mol. The predicted molar refractivity (Wildman–Crippen MR) is 78.5 cm³/mol. The van der Waals surface area contributed by atoms with E-state index in [2.05, 4.69) is 15.6 Å². The maximum absolute atomic E-state index is 13.5. The number of aliphatic hydroxyl groups excluding tert-OH is 1. The Balaban J connectivity index is 1.76. The van der Waals surface area contributed by atoms with Gasteiger partial charge in [-0.15, -0.1) is 11.3 Å². The third kappa shape index (κ3) is 4.47. The van der Waals surface area contributed by atoms with Crippen LogP contribution in [0.15, 0.2) is 29.1 Å². The highest BCUT2D eigenvalue weighted by atomic mass is 32.1. The Morgan fingerprint density at radius 3 is 2.68 bits per heavy atom. The van der Waals surface area contributed by atoms with E-state index in [1.807, 2.05) is 5.38 Å². The third-order valence-corrected chi connectivity index (χ3v) is 3.57. The number of hydrogen-bond acceptors (Lipinski definition) is 4. The number of nitrogens with zero attached hydrogens (tertiary/aromatic N) is 1. The van der Waals surface area contributed by atoms with Crippen molar-refractivity contribution < 1.29 is 18.7 Å². The lowest BCUT2D eigenvalue weighted by molar-refractivity contribution is 0.164. The molecule has 1 aromatic heterocycles. The van der Waals surface area contributed by atoms with E-state index < -0.39 is 29.3 Å². The van der Waals surface area contributed by atoms with Crippen molar-refractivity contribution in [2.24, 2.45) is 0 Å². The predicted octanol–water partition coefficient (Wildman–Crippen LogP) is 2.00. The van der Waals surface area contributed by atoms with Gasteiger partial charge in [0.15, 0.2) is 0 Å². The summed E-state index contributed by atoms with van der Waals surface area (Å²) < 4.78 is 26.9. The largest absolute Gasteiger partial charge is 0.386 e. The smallest absolute Gasteiger partial charge is 0.314 e. The molecule has 0 radical (unpaired) electrons. The second-order valence-corrected chi connectivity index (χ2v) is 5.24. The van der Waals surface area contributed by atoms with Gasteiger partial charge in [0.2, 0.25) is 0 Å². The first kappa shape index (κ1) is 16.3. The Morgan fingerprint density at radius 2 is 2.05 bits per heavy atom. The summed E-state index contributed by atoms with van der Waals surface area (Å²) in [6.07, 6.45) is -0.869. The van der Waals surface area contributed by atoms with Crippen LogP contribution in [0.5, 0.6) is 0 Å². The number of amides is 2. The average Bonchev–Trinajstić information content (AvgIpc) is 2.98. The molecule has 1 aromatic carbocycles. The zero-order chi connectivity index (χ0) is 15.9. The highest BCUT2D eigenvalue weighted by Crippen LogP contribution is 2.19. The van der Waals surface area contributed by atoms with Crippen LogP contribution in [0.3, 0.4) is 0 Å². The molecule has 1 heterocycles. The quantitative estimate of drug-likeness (QED) is 0.760. The molecular formula is C14H15F2N3O2S. The molecule has 0 saturated heterocycles. The molecule has 2 amide bonds. The van der Waals surface area contributed by atoms with Gasteiger partial charge in [0.25, 0.3) is 0 Å². The molecule has 2 aromatic rings. The van der Waals surface area contributed by atoms with E-state index in [9.17, 15) is 18.7 Å².